The zero-order valence-electron chi connectivity index (χ0n) is 6.55. The fourth-order valence-corrected chi connectivity index (χ4v) is 2.70. The second-order valence-corrected chi connectivity index (χ2v) is 4.15. The number of aromatic amines is 1. The summed E-state index contributed by atoms with van der Waals surface area (Å²) in [4.78, 5) is 11.2. The molecule has 0 spiro atoms. The van der Waals surface area contributed by atoms with E-state index in [4.69, 9.17) is 0 Å². The molecule has 0 fully saturated rings. The van der Waals surface area contributed by atoms with Crippen LogP contribution in [-0.2, 0) is 12.8 Å². The van der Waals surface area contributed by atoms with Crippen molar-refractivity contribution in [3.8, 4) is 0 Å². The van der Waals surface area contributed by atoms with Crippen LogP contribution in [0.1, 0.15) is 23.4 Å². The van der Waals surface area contributed by atoms with E-state index in [9.17, 15) is 4.79 Å². The Kier molecular flexibility index (Phi) is 1.39. The molecule has 4 heteroatoms. The van der Waals surface area contributed by atoms with E-state index < -0.39 is 0 Å². The number of hydrogen-bond donors (Lipinski definition) is 1. The van der Waals surface area contributed by atoms with Crippen molar-refractivity contribution < 1.29 is 0 Å². The third-order valence-electron chi connectivity index (χ3n) is 2.08. The normalized spacial score (nSPS) is 22.2. The summed E-state index contributed by atoms with van der Waals surface area (Å²) in [5, 5.41) is 3.22. The topological polar surface area (TPSA) is 37.8 Å². The van der Waals surface area contributed by atoms with Crippen molar-refractivity contribution in [3.63, 3.8) is 0 Å². The fourth-order valence-electron chi connectivity index (χ4n) is 1.54. The summed E-state index contributed by atoms with van der Waals surface area (Å²) in [5.41, 5.74) is 2.21. The van der Waals surface area contributed by atoms with Gasteiger partial charge in [-0.15, -0.1) is 11.8 Å². The van der Waals surface area contributed by atoms with Gasteiger partial charge >= 0.3 is 0 Å². The number of rotatable bonds is 0. The van der Waals surface area contributed by atoms with Crippen LogP contribution in [-0.4, -0.2) is 9.78 Å². The summed E-state index contributed by atoms with van der Waals surface area (Å²) in [7, 11) is 1.89. The van der Waals surface area contributed by atoms with Gasteiger partial charge in [-0.2, -0.15) is 0 Å². The second kappa shape index (κ2) is 2.17. The minimum Gasteiger partial charge on any atom is -0.291 e. The molecule has 2 heterocycles. The summed E-state index contributed by atoms with van der Waals surface area (Å²) in [6.45, 7) is 2.13. The van der Waals surface area contributed by atoms with Crippen LogP contribution >= 0.6 is 11.8 Å². The van der Waals surface area contributed by atoms with Crippen molar-refractivity contribution >= 4 is 11.8 Å². The Labute approximate surface area is 68.8 Å². The highest BCUT2D eigenvalue weighted by Gasteiger charge is 2.25. The monoisotopic (exact) mass is 170 g/mol. The lowest BCUT2D eigenvalue weighted by Gasteiger charge is -2.03. The maximum absolute atomic E-state index is 11.2. The molecule has 2 rings (SSSR count). The van der Waals surface area contributed by atoms with Gasteiger partial charge in [0.05, 0.1) is 11.3 Å². The van der Waals surface area contributed by atoms with Crippen LogP contribution in [0.4, 0.5) is 0 Å². The zero-order chi connectivity index (χ0) is 8.01. The van der Waals surface area contributed by atoms with Gasteiger partial charge in [-0.25, -0.2) is 0 Å². The molecule has 60 valence electrons. The minimum absolute atomic E-state index is 0.0827. The Morgan fingerprint density at radius 3 is 3.09 bits per heavy atom. The smallest absolute Gasteiger partial charge is 0.268 e. The van der Waals surface area contributed by atoms with Crippen molar-refractivity contribution in [1.29, 1.82) is 0 Å². The lowest BCUT2D eigenvalue weighted by molar-refractivity contribution is 0.708. The van der Waals surface area contributed by atoms with Crippen LogP contribution < -0.4 is 5.56 Å². The molecule has 3 nitrogen and oxygen atoms in total. The predicted molar refractivity (Wildman–Crippen MR) is 45.7 cm³/mol. The molecule has 0 radical (unpaired) electrons. The zero-order valence-corrected chi connectivity index (χ0v) is 7.36. The summed E-state index contributed by atoms with van der Waals surface area (Å²) < 4.78 is 1.84. The Morgan fingerprint density at radius 1 is 1.73 bits per heavy atom. The standard InChI is InChI=1S/C7H10N2OS/c1-4-6-5(3-11-4)7(10)8-9(6)2/h4H,3H2,1-2H3,(H,8,10). The van der Waals surface area contributed by atoms with Gasteiger partial charge in [0.2, 0.25) is 0 Å². The van der Waals surface area contributed by atoms with E-state index in [2.05, 4.69) is 12.0 Å². The third kappa shape index (κ3) is 0.854. The van der Waals surface area contributed by atoms with Gasteiger partial charge in [-0.3, -0.25) is 14.6 Å². The first kappa shape index (κ1) is 7.03. The van der Waals surface area contributed by atoms with Crippen molar-refractivity contribution in [1.82, 2.24) is 9.78 Å². The molecule has 0 amide bonds. The molecule has 1 aliphatic rings. The molecule has 0 aliphatic carbocycles. The van der Waals surface area contributed by atoms with Crippen molar-refractivity contribution in [2.75, 3.05) is 0 Å². The number of nitrogens with zero attached hydrogens (tertiary/aromatic N) is 1. The fraction of sp³-hybridized carbons (Fsp3) is 0.571. The highest BCUT2D eigenvalue weighted by atomic mass is 32.2. The number of H-pyrrole nitrogens is 1. The van der Waals surface area contributed by atoms with E-state index in [0.29, 0.717) is 5.25 Å². The Balaban J connectivity index is 2.69. The summed E-state index contributed by atoms with van der Waals surface area (Å²) in [6, 6.07) is 0. The van der Waals surface area contributed by atoms with E-state index >= 15 is 0 Å². The number of thioether (sulfide) groups is 1. The van der Waals surface area contributed by atoms with E-state index in [-0.39, 0.29) is 5.56 Å². The Hall–Kier alpha value is -0.640. The number of aryl methyl sites for hydroxylation is 1. The summed E-state index contributed by atoms with van der Waals surface area (Å²) >= 11 is 1.82. The van der Waals surface area contributed by atoms with E-state index in [1.807, 2.05) is 23.5 Å². The van der Waals surface area contributed by atoms with Crippen molar-refractivity contribution in [2.45, 2.75) is 17.9 Å². The molecule has 11 heavy (non-hydrogen) atoms. The first-order valence-corrected chi connectivity index (χ1v) is 4.64. The maximum Gasteiger partial charge on any atom is 0.268 e. The second-order valence-electron chi connectivity index (χ2n) is 2.82. The van der Waals surface area contributed by atoms with Gasteiger partial charge in [0.1, 0.15) is 0 Å². The van der Waals surface area contributed by atoms with Crippen LogP contribution in [0.3, 0.4) is 0 Å². The Bertz CT molecular complexity index is 339. The van der Waals surface area contributed by atoms with Crippen molar-refractivity contribution in [2.24, 2.45) is 7.05 Å². The molecule has 1 atom stereocenters. The molecule has 0 saturated heterocycles. The Morgan fingerprint density at radius 2 is 2.45 bits per heavy atom. The van der Waals surface area contributed by atoms with Gasteiger partial charge in [0, 0.05) is 18.1 Å². The molecule has 1 aliphatic heterocycles. The maximum atomic E-state index is 11.2. The SMILES string of the molecule is CC1SCc2c1n(C)[nH]c2=O. The predicted octanol–water partition coefficient (Wildman–Crippen LogP) is 1.02. The average Bonchev–Trinajstić information content (AvgIpc) is 2.41. The van der Waals surface area contributed by atoms with Gasteiger partial charge in [-0.05, 0) is 6.92 Å². The highest BCUT2D eigenvalue weighted by Crippen LogP contribution is 2.38. The van der Waals surface area contributed by atoms with Crippen LogP contribution in [0, 0.1) is 0 Å². The van der Waals surface area contributed by atoms with Gasteiger partial charge < -0.3 is 0 Å². The number of nitrogens with one attached hydrogen (secondary N) is 1. The molecule has 1 N–H and O–H groups in total. The molecule has 1 aromatic rings. The molecular formula is C7H10N2OS. The molecule has 0 aromatic carbocycles. The van der Waals surface area contributed by atoms with E-state index in [0.717, 1.165) is 11.3 Å². The lowest BCUT2D eigenvalue weighted by atomic mass is 10.2. The quantitative estimate of drug-likeness (QED) is 0.631. The van der Waals surface area contributed by atoms with Crippen LogP contribution in [0.5, 0.6) is 0 Å². The molecule has 0 bridgehead atoms. The van der Waals surface area contributed by atoms with Crippen molar-refractivity contribution in [3.05, 3.63) is 21.6 Å². The van der Waals surface area contributed by atoms with E-state index in [1.54, 1.807) is 0 Å². The minimum atomic E-state index is 0.0827. The van der Waals surface area contributed by atoms with Crippen LogP contribution in [0.15, 0.2) is 4.79 Å². The lowest BCUT2D eigenvalue weighted by Crippen LogP contribution is -2.05. The number of fused-ring (bicyclic) bond motifs is 1. The van der Waals surface area contributed by atoms with Gasteiger partial charge in [0.25, 0.3) is 5.56 Å². The number of aromatic nitrogens is 2. The van der Waals surface area contributed by atoms with Crippen LogP contribution in [0.2, 0.25) is 0 Å². The first-order valence-electron chi connectivity index (χ1n) is 3.59. The van der Waals surface area contributed by atoms with Crippen LogP contribution in [0.25, 0.3) is 0 Å². The molecule has 0 saturated carbocycles. The largest absolute Gasteiger partial charge is 0.291 e. The first-order chi connectivity index (χ1) is 5.20. The number of hydrogen-bond acceptors (Lipinski definition) is 2. The molecule has 1 aromatic heterocycles. The van der Waals surface area contributed by atoms with E-state index in [1.165, 1.54) is 5.69 Å². The summed E-state index contributed by atoms with van der Waals surface area (Å²) in [6.07, 6.45) is 0. The average molecular weight is 170 g/mol. The third-order valence-corrected chi connectivity index (χ3v) is 3.26. The van der Waals surface area contributed by atoms with Gasteiger partial charge in [0.15, 0.2) is 0 Å². The molecular weight excluding hydrogens is 160 g/mol. The van der Waals surface area contributed by atoms with Gasteiger partial charge in [-0.1, -0.05) is 0 Å². The molecule has 1 unspecified atom stereocenters. The highest BCUT2D eigenvalue weighted by molar-refractivity contribution is 7.99. The summed E-state index contributed by atoms with van der Waals surface area (Å²) in [5.74, 6) is 0.868.